The van der Waals surface area contributed by atoms with E-state index in [1.54, 1.807) is 18.3 Å². The van der Waals surface area contributed by atoms with Gasteiger partial charge in [-0.05, 0) is 18.1 Å². The Kier molecular flexibility index (Phi) is 3.41. The lowest BCUT2D eigenvalue weighted by Crippen LogP contribution is -2.12. The molecule has 0 unspecified atom stereocenters. The first-order valence-electron chi connectivity index (χ1n) is 4.28. The molecule has 0 aromatic carbocycles. The summed E-state index contributed by atoms with van der Waals surface area (Å²) in [7, 11) is 0. The highest BCUT2D eigenvalue weighted by molar-refractivity contribution is 5.66. The molecule has 1 atom stereocenters. The number of nitrogen functional groups attached to an aromatic ring is 1. The molecule has 1 heterocycles. The van der Waals surface area contributed by atoms with E-state index < -0.39 is 5.97 Å². The maximum absolute atomic E-state index is 10.3. The van der Waals surface area contributed by atoms with Gasteiger partial charge in [-0.1, -0.05) is 6.07 Å². The minimum Gasteiger partial charge on any atom is -0.481 e. The highest BCUT2D eigenvalue weighted by atomic mass is 16.4. The number of aliphatic carboxylic acids is 1. The molecule has 0 aliphatic carbocycles. The van der Waals surface area contributed by atoms with E-state index in [1.165, 1.54) is 0 Å². The molecule has 5 N–H and O–H groups in total. The van der Waals surface area contributed by atoms with E-state index in [1.807, 2.05) is 0 Å². The number of aromatic nitrogens is 1. The molecule has 0 amide bonds. The third-order valence-electron chi connectivity index (χ3n) is 1.91. The highest BCUT2D eigenvalue weighted by Crippen LogP contribution is 2.15. The van der Waals surface area contributed by atoms with Crippen LogP contribution >= 0.6 is 0 Å². The Morgan fingerprint density at radius 1 is 1.57 bits per heavy atom. The number of rotatable bonds is 4. The fourth-order valence-corrected chi connectivity index (χ4v) is 1.08. The molecular weight excluding hydrogens is 182 g/mol. The van der Waals surface area contributed by atoms with E-state index in [2.05, 4.69) is 4.98 Å². The standard InChI is InChI=1S/C9H13N3O2/c10-7(2-4-9(13)14)6-1-3-8(11)12-5-6/h1,3,5,7H,2,4,10H2,(H2,11,12)(H,13,14)/t7-/m0/s1. The van der Waals surface area contributed by atoms with Gasteiger partial charge in [-0.3, -0.25) is 4.79 Å². The van der Waals surface area contributed by atoms with Crippen LogP contribution in [-0.2, 0) is 4.79 Å². The summed E-state index contributed by atoms with van der Waals surface area (Å²) in [5, 5.41) is 8.46. The number of nitrogens with zero attached hydrogens (tertiary/aromatic N) is 1. The van der Waals surface area contributed by atoms with Gasteiger partial charge in [-0.2, -0.15) is 0 Å². The summed E-state index contributed by atoms with van der Waals surface area (Å²) in [4.78, 5) is 14.2. The van der Waals surface area contributed by atoms with Crippen LogP contribution in [0.2, 0.25) is 0 Å². The summed E-state index contributed by atoms with van der Waals surface area (Å²) < 4.78 is 0. The van der Waals surface area contributed by atoms with E-state index in [0.29, 0.717) is 12.2 Å². The summed E-state index contributed by atoms with van der Waals surface area (Å²) in [6, 6.07) is 3.12. The molecule has 0 spiro atoms. The summed E-state index contributed by atoms with van der Waals surface area (Å²) in [5.41, 5.74) is 12.0. The average molecular weight is 195 g/mol. The molecule has 0 saturated heterocycles. The molecule has 5 heteroatoms. The van der Waals surface area contributed by atoms with Crippen molar-refractivity contribution in [3.63, 3.8) is 0 Å². The maximum Gasteiger partial charge on any atom is 0.303 e. The number of carboxylic acids is 1. The van der Waals surface area contributed by atoms with Crippen molar-refractivity contribution in [1.82, 2.24) is 4.98 Å². The largest absolute Gasteiger partial charge is 0.481 e. The predicted octanol–water partition coefficient (Wildman–Crippen LogP) is 0.528. The predicted molar refractivity (Wildman–Crippen MR) is 52.4 cm³/mol. The van der Waals surface area contributed by atoms with Crippen LogP contribution in [0.4, 0.5) is 5.82 Å². The van der Waals surface area contributed by atoms with Crippen molar-refractivity contribution < 1.29 is 9.90 Å². The van der Waals surface area contributed by atoms with Crippen molar-refractivity contribution in [2.75, 3.05) is 5.73 Å². The monoisotopic (exact) mass is 195 g/mol. The van der Waals surface area contributed by atoms with Crippen molar-refractivity contribution >= 4 is 11.8 Å². The topological polar surface area (TPSA) is 102 Å². The van der Waals surface area contributed by atoms with Gasteiger partial charge in [0.1, 0.15) is 5.82 Å². The molecule has 0 saturated carbocycles. The zero-order valence-electron chi connectivity index (χ0n) is 7.68. The van der Waals surface area contributed by atoms with Crippen LogP contribution in [-0.4, -0.2) is 16.1 Å². The van der Waals surface area contributed by atoms with Crippen LogP contribution in [0, 0.1) is 0 Å². The third-order valence-corrected chi connectivity index (χ3v) is 1.91. The smallest absolute Gasteiger partial charge is 0.303 e. The molecule has 76 valence electrons. The molecule has 14 heavy (non-hydrogen) atoms. The summed E-state index contributed by atoms with van der Waals surface area (Å²) in [5.74, 6) is -0.414. The number of anilines is 1. The van der Waals surface area contributed by atoms with Gasteiger partial charge in [-0.25, -0.2) is 4.98 Å². The second-order valence-corrected chi connectivity index (χ2v) is 3.06. The Morgan fingerprint density at radius 2 is 2.29 bits per heavy atom. The summed E-state index contributed by atoms with van der Waals surface area (Å²) in [6.45, 7) is 0. The molecule has 0 bridgehead atoms. The number of pyridine rings is 1. The number of nitrogens with two attached hydrogens (primary N) is 2. The van der Waals surface area contributed by atoms with Crippen LogP contribution < -0.4 is 11.5 Å². The van der Waals surface area contributed by atoms with Crippen LogP contribution in [0.3, 0.4) is 0 Å². The average Bonchev–Trinajstić information content (AvgIpc) is 2.15. The van der Waals surface area contributed by atoms with Crippen LogP contribution in [0.5, 0.6) is 0 Å². The first-order chi connectivity index (χ1) is 6.59. The van der Waals surface area contributed by atoms with Gasteiger partial charge in [-0.15, -0.1) is 0 Å². The Balaban J connectivity index is 2.56. The minimum atomic E-state index is -0.844. The molecule has 0 aliphatic heterocycles. The number of hydrogen-bond acceptors (Lipinski definition) is 4. The Morgan fingerprint density at radius 3 is 2.79 bits per heavy atom. The summed E-state index contributed by atoms with van der Waals surface area (Å²) >= 11 is 0. The lowest BCUT2D eigenvalue weighted by Gasteiger charge is -2.09. The maximum atomic E-state index is 10.3. The van der Waals surface area contributed by atoms with Gasteiger partial charge in [0.15, 0.2) is 0 Å². The highest BCUT2D eigenvalue weighted by Gasteiger charge is 2.08. The minimum absolute atomic E-state index is 0.0611. The van der Waals surface area contributed by atoms with Gasteiger partial charge in [0.25, 0.3) is 0 Å². The first kappa shape index (κ1) is 10.5. The van der Waals surface area contributed by atoms with E-state index in [9.17, 15) is 4.79 Å². The Bertz CT molecular complexity index is 310. The van der Waals surface area contributed by atoms with Gasteiger partial charge in [0.2, 0.25) is 0 Å². The molecule has 0 radical (unpaired) electrons. The van der Waals surface area contributed by atoms with E-state index >= 15 is 0 Å². The summed E-state index contributed by atoms with van der Waals surface area (Å²) in [6.07, 6.45) is 2.04. The lowest BCUT2D eigenvalue weighted by atomic mass is 10.1. The Labute approximate surface area is 81.7 Å². The van der Waals surface area contributed by atoms with Crippen molar-refractivity contribution in [2.24, 2.45) is 5.73 Å². The molecule has 1 aromatic heterocycles. The van der Waals surface area contributed by atoms with Crippen molar-refractivity contribution in [1.29, 1.82) is 0 Å². The van der Waals surface area contributed by atoms with E-state index in [0.717, 1.165) is 5.56 Å². The second kappa shape index (κ2) is 4.57. The number of carboxylic acid groups (broad SMARTS) is 1. The van der Waals surface area contributed by atoms with Crippen LogP contribution in [0.15, 0.2) is 18.3 Å². The molecular formula is C9H13N3O2. The van der Waals surface area contributed by atoms with Gasteiger partial charge in [0.05, 0.1) is 0 Å². The SMILES string of the molecule is Nc1ccc([C@@H](N)CCC(=O)O)cn1. The fourth-order valence-electron chi connectivity index (χ4n) is 1.08. The van der Waals surface area contributed by atoms with Gasteiger partial charge >= 0.3 is 5.97 Å². The number of carbonyl (C=O) groups is 1. The molecule has 5 nitrogen and oxygen atoms in total. The first-order valence-corrected chi connectivity index (χ1v) is 4.28. The van der Waals surface area contributed by atoms with Gasteiger partial charge in [0, 0.05) is 18.7 Å². The van der Waals surface area contributed by atoms with Crippen LogP contribution in [0.1, 0.15) is 24.4 Å². The van der Waals surface area contributed by atoms with E-state index in [-0.39, 0.29) is 12.5 Å². The normalized spacial score (nSPS) is 12.4. The Hall–Kier alpha value is -1.62. The van der Waals surface area contributed by atoms with Gasteiger partial charge < -0.3 is 16.6 Å². The van der Waals surface area contributed by atoms with Crippen LogP contribution in [0.25, 0.3) is 0 Å². The fraction of sp³-hybridized carbons (Fsp3) is 0.333. The van der Waals surface area contributed by atoms with Crippen molar-refractivity contribution in [3.05, 3.63) is 23.9 Å². The van der Waals surface area contributed by atoms with Crippen molar-refractivity contribution in [3.8, 4) is 0 Å². The number of hydrogen-bond donors (Lipinski definition) is 3. The second-order valence-electron chi connectivity index (χ2n) is 3.06. The van der Waals surface area contributed by atoms with Crippen molar-refractivity contribution in [2.45, 2.75) is 18.9 Å². The zero-order valence-corrected chi connectivity index (χ0v) is 7.68. The lowest BCUT2D eigenvalue weighted by molar-refractivity contribution is -0.137. The molecule has 1 aromatic rings. The third kappa shape index (κ3) is 3.02. The zero-order chi connectivity index (χ0) is 10.6. The quantitative estimate of drug-likeness (QED) is 0.650. The van der Waals surface area contributed by atoms with E-state index in [4.69, 9.17) is 16.6 Å². The molecule has 0 fully saturated rings. The molecule has 1 rings (SSSR count). The molecule has 0 aliphatic rings.